The van der Waals surface area contributed by atoms with E-state index in [9.17, 15) is 0 Å². The van der Waals surface area contributed by atoms with Crippen molar-refractivity contribution in [3.05, 3.63) is 448 Å². The maximum absolute atomic E-state index is 6.36. The number of aromatic nitrogens is 6. The summed E-state index contributed by atoms with van der Waals surface area (Å²) in [5.74, 6) is 0. The highest BCUT2D eigenvalue weighted by Gasteiger charge is 2.38. The lowest BCUT2D eigenvalue weighted by atomic mass is 9.81. The highest BCUT2D eigenvalue weighted by atomic mass is 16.3. The fraction of sp³-hybridized carbons (Fsp3) is 0.0256. The molecule has 19 aromatic carbocycles. The van der Waals surface area contributed by atoms with Crippen LogP contribution in [0.1, 0.15) is 25.0 Å². The Labute approximate surface area is 714 Å². The summed E-state index contributed by atoms with van der Waals surface area (Å²) in [6.45, 7) is 4.75. The molecule has 27 rings (SSSR count). The summed E-state index contributed by atoms with van der Waals surface area (Å²) in [7, 11) is 0. The Morgan fingerprint density at radius 2 is 0.468 bits per heavy atom. The van der Waals surface area contributed by atoms with Crippen molar-refractivity contribution in [2.24, 2.45) is 0 Å². The predicted molar refractivity (Wildman–Crippen MR) is 521 cm³/mol. The lowest BCUT2D eigenvalue weighted by molar-refractivity contribution is 0.656. The van der Waals surface area contributed by atoms with Gasteiger partial charge in [0.2, 0.25) is 0 Å². The number of furan rings is 1. The van der Waals surface area contributed by atoms with E-state index in [4.69, 9.17) is 4.42 Å². The van der Waals surface area contributed by atoms with Crippen LogP contribution < -0.4 is 0 Å². The van der Waals surface area contributed by atoms with Crippen LogP contribution in [0.3, 0.4) is 0 Å². The predicted octanol–water partition coefficient (Wildman–Crippen LogP) is 31.2. The fourth-order valence-corrected chi connectivity index (χ4v) is 21.1. The first-order valence-electron chi connectivity index (χ1n) is 42.8. The Balaban J connectivity index is 0.000000102. The average Bonchev–Trinajstić information content (AvgIpc) is 1.54. The van der Waals surface area contributed by atoms with E-state index < -0.39 is 0 Å². The minimum Gasteiger partial charge on any atom is -0.455 e. The van der Waals surface area contributed by atoms with Crippen LogP contribution in [-0.4, -0.2) is 27.4 Å². The van der Waals surface area contributed by atoms with Gasteiger partial charge < -0.3 is 31.8 Å². The van der Waals surface area contributed by atoms with Gasteiger partial charge in [0, 0.05) is 115 Å². The summed E-state index contributed by atoms with van der Waals surface area (Å²) in [5, 5.41) is 17.7. The van der Waals surface area contributed by atoms with E-state index in [2.05, 4.69) is 466 Å². The normalized spacial score (nSPS) is 12.5. The van der Waals surface area contributed by atoms with Crippen LogP contribution in [0, 0.1) is 0 Å². The van der Waals surface area contributed by atoms with Gasteiger partial charge in [-0.1, -0.05) is 305 Å². The second-order valence-electron chi connectivity index (χ2n) is 33.3. The second kappa shape index (κ2) is 27.9. The van der Waals surface area contributed by atoms with Crippen molar-refractivity contribution in [3.8, 4) is 67.5 Å². The molecule has 1 aliphatic carbocycles. The van der Waals surface area contributed by atoms with Crippen molar-refractivity contribution in [3.63, 3.8) is 0 Å². The molecule has 0 saturated carbocycles. The van der Waals surface area contributed by atoms with Crippen LogP contribution in [0.5, 0.6) is 0 Å². The molecule has 26 aromatic rings. The molecule has 7 nitrogen and oxygen atoms in total. The first kappa shape index (κ1) is 70.8. The lowest BCUT2D eigenvalue weighted by Crippen LogP contribution is -2.17. The molecule has 1 aliphatic rings. The third kappa shape index (κ3) is 10.6. The Hall–Kier alpha value is -16.2. The summed E-state index contributed by atoms with van der Waals surface area (Å²) >= 11 is 0. The number of para-hydroxylation sites is 11. The highest BCUT2D eigenvalue weighted by Crippen LogP contribution is 2.54. The minimum atomic E-state index is -0.104. The topological polar surface area (TPSA) is 42.7 Å². The Kier molecular flexibility index (Phi) is 15.9. The Morgan fingerprint density at radius 3 is 0.879 bits per heavy atom. The van der Waals surface area contributed by atoms with Gasteiger partial charge in [-0.3, -0.25) is 0 Å². The maximum Gasteiger partial charge on any atom is 0.143 e. The molecule has 124 heavy (non-hydrogen) atoms. The summed E-state index contributed by atoms with van der Waals surface area (Å²) in [6.07, 6.45) is 0. The highest BCUT2D eigenvalue weighted by molar-refractivity contribution is 6.32. The number of hydrogen-bond donors (Lipinski definition) is 0. The van der Waals surface area contributed by atoms with Crippen LogP contribution >= 0.6 is 0 Å². The number of hydrogen-bond acceptors (Lipinski definition) is 1. The average molecular weight is 1580 g/mol. The van der Waals surface area contributed by atoms with E-state index in [1.54, 1.807) is 0 Å². The zero-order valence-electron chi connectivity index (χ0n) is 68.2. The number of nitrogens with zero attached hydrogens (tertiary/aromatic N) is 6. The molecular formula is C117H78N6O. The molecule has 7 heteroatoms. The SMILES string of the molecule is CC1(C)c2ccccc2-c2cccc(-n3c4ccccc4c4c5c6ccccc6n(-c6ccccc6)c5ccc43)c21.c1ccc(-c2ccc(-n3c4ccccc4c4c5c6ccccc6n(-c6ccccc6)c5ccc43)cc2)cc1.c1ccc(-n2c3ccccc3c3c4c5ccccc5n(-c5ccc(-c6cccc7c6oc6ccccc67)cc5)c4ccc32)cc1. The molecule has 0 radical (unpaired) electrons. The quantitative estimate of drug-likeness (QED) is 0.149. The van der Waals surface area contributed by atoms with Gasteiger partial charge in [-0.25, -0.2) is 0 Å². The first-order chi connectivity index (χ1) is 61.4. The van der Waals surface area contributed by atoms with Gasteiger partial charge in [-0.15, -0.1) is 0 Å². The Bertz CT molecular complexity index is 8790. The van der Waals surface area contributed by atoms with Crippen molar-refractivity contribution in [1.82, 2.24) is 27.4 Å². The van der Waals surface area contributed by atoms with Crippen molar-refractivity contribution >= 4 is 153 Å². The lowest BCUT2D eigenvalue weighted by Gasteiger charge is -2.25. The standard InChI is InChI=1S/C42H26N2O.C39H28N2.C36H24N2/c1-2-11-28(12-3-1)43-35-18-7-4-14-33(35)40-37(43)25-26-38-41(40)34-15-5-8-19-36(34)44(38)29-23-21-27(22-24-29)30-16-10-17-32-31-13-6-9-20-39(31)45-42(30)32;1-39(2)30-19-9-6-15-26(30)27-18-12-22-35(38(27)39)41-32-21-11-8-17-29(32)37-34(41)24-23-33-36(37)28-16-7-10-20-31(28)40(33)25-13-4-3-5-14-25;1-3-11-25(12-4-1)26-19-21-28(22-20-26)38-32-18-10-8-16-30(32)36-34(38)24-23-33-35(36)29-15-7-9-17-31(29)37(33)27-13-5-2-6-14-27/h1-26H;3-24H,1-2H3;1-24H. The van der Waals surface area contributed by atoms with E-state index in [0.29, 0.717) is 0 Å². The van der Waals surface area contributed by atoms with E-state index >= 15 is 0 Å². The second-order valence-corrected chi connectivity index (χ2v) is 33.3. The Morgan fingerprint density at radius 1 is 0.185 bits per heavy atom. The summed E-state index contributed by atoms with van der Waals surface area (Å²) in [6, 6.07) is 158. The van der Waals surface area contributed by atoms with Gasteiger partial charge in [0.25, 0.3) is 0 Å². The number of rotatable bonds is 8. The molecule has 7 heterocycles. The molecule has 7 aromatic heterocycles. The van der Waals surface area contributed by atoms with E-state index in [1.807, 2.05) is 12.1 Å². The molecule has 0 atom stereocenters. The van der Waals surface area contributed by atoms with E-state index in [1.165, 1.54) is 193 Å². The smallest absolute Gasteiger partial charge is 0.143 e. The van der Waals surface area contributed by atoms with Crippen molar-refractivity contribution < 1.29 is 4.42 Å². The molecule has 0 spiro atoms. The van der Waals surface area contributed by atoms with Crippen molar-refractivity contribution in [2.75, 3.05) is 0 Å². The molecule has 0 fully saturated rings. The molecule has 0 bridgehead atoms. The van der Waals surface area contributed by atoms with Gasteiger partial charge in [-0.05, 0) is 185 Å². The molecular weight excluding hydrogens is 1510 g/mol. The van der Waals surface area contributed by atoms with Gasteiger partial charge >= 0.3 is 0 Å². The molecule has 0 unspecified atom stereocenters. The van der Waals surface area contributed by atoms with Gasteiger partial charge in [0.05, 0.1) is 71.9 Å². The van der Waals surface area contributed by atoms with E-state index in [-0.39, 0.29) is 5.41 Å². The van der Waals surface area contributed by atoms with Crippen LogP contribution in [0.15, 0.2) is 441 Å². The zero-order valence-corrected chi connectivity index (χ0v) is 68.2. The molecule has 0 saturated heterocycles. The maximum atomic E-state index is 6.36. The molecule has 582 valence electrons. The van der Waals surface area contributed by atoms with Gasteiger partial charge in [0.1, 0.15) is 11.2 Å². The molecule has 0 N–H and O–H groups in total. The fourth-order valence-electron chi connectivity index (χ4n) is 21.1. The monoisotopic (exact) mass is 1580 g/mol. The van der Waals surface area contributed by atoms with Crippen LogP contribution in [0.2, 0.25) is 0 Å². The minimum absolute atomic E-state index is 0.104. The van der Waals surface area contributed by atoms with Crippen LogP contribution in [0.4, 0.5) is 0 Å². The van der Waals surface area contributed by atoms with Crippen LogP contribution in [0.25, 0.3) is 220 Å². The van der Waals surface area contributed by atoms with Gasteiger partial charge in [0.15, 0.2) is 0 Å². The van der Waals surface area contributed by atoms with Crippen molar-refractivity contribution in [2.45, 2.75) is 19.3 Å². The third-order valence-corrected chi connectivity index (χ3v) is 26.3. The summed E-state index contributed by atoms with van der Waals surface area (Å²) in [5.41, 5.74) is 33.7. The molecule has 0 aliphatic heterocycles. The number of fused-ring (bicyclic) bond motifs is 27. The first-order valence-corrected chi connectivity index (χ1v) is 42.8. The van der Waals surface area contributed by atoms with Gasteiger partial charge in [-0.2, -0.15) is 0 Å². The zero-order chi connectivity index (χ0) is 81.8. The summed E-state index contributed by atoms with van der Waals surface area (Å²) in [4.78, 5) is 0. The molecule has 0 amide bonds. The van der Waals surface area contributed by atoms with Crippen LogP contribution in [-0.2, 0) is 5.41 Å². The largest absolute Gasteiger partial charge is 0.455 e. The summed E-state index contributed by atoms with van der Waals surface area (Å²) < 4.78 is 20.9. The van der Waals surface area contributed by atoms with E-state index in [0.717, 1.165) is 38.8 Å². The third-order valence-electron chi connectivity index (χ3n) is 26.3. The van der Waals surface area contributed by atoms with Crippen molar-refractivity contribution in [1.29, 1.82) is 0 Å². The number of benzene rings is 19.